The first-order chi connectivity index (χ1) is 8.12. The van der Waals surface area contributed by atoms with E-state index in [1.807, 2.05) is 30.3 Å². The summed E-state index contributed by atoms with van der Waals surface area (Å²) >= 11 is 5.68. The SMILES string of the molecule is O=S(=O)(CCl)C1(c2ccccc2)CCCCC1. The molecule has 1 saturated carbocycles. The lowest BCUT2D eigenvalue weighted by Gasteiger charge is -2.36. The smallest absolute Gasteiger partial charge is 0.174 e. The Morgan fingerprint density at radius 3 is 2.18 bits per heavy atom. The molecule has 0 unspecified atom stereocenters. The van der Waals surface area contributed by atoms with Crippen molar-refractivity contribution in [1.29, 1.82) is 0 Å². The first-order valence-corrected chi connectivity index (χ1v) is 8.15. The molecular formula is C13H17ClO2S. The van der Waals surface area contributed by atoms with Crippen LogP contribution in [0, 0.1) is 0 Å². The van der Waals surface area contributed by atoms with Gasteiger partial charge in [0.2, 0.25) is 0 Å². The van der Waals surface area contributed by atoms with Gasteiger partial charge in [0.05, 0.1) is 4.75 Å². The van der Waals surface area contributed by atoms with Crippen LogP contribution in [0.5, 0.6) is 0 Å². The Kier molecular flexibility index (Phi) is 3.79. The molecule has 0 spiro atoms. The van der Waals surface area contributed by atoms with Crippen LogP contribution in [0.3, 0.4) is 0 Å². The molecule has 0 bridgehead atoms. The van der Waals surface area contributed by atoms with Crippen molar-refractivity contribution in [2.75, 3.05) is 5.21 Å². The number of sulfone groups is 1. The van der Waals surface area contributed by atoms with Crippen LogP contribution in [0.4, 0.5) is 0 Å². The van der Waals surface area contributed by atoms with Crippen molar-refractivity contribution < 1.29 is 8.42 Å². The molecule has 0 amide bonds. The number of hydrogen-bond acceptors (Lipinski definition) is 2. The molecule has 1 aromatic rings. The molecule has 0 aromatic heterocycles. The predicted octanol–water partition coefficient (Wildman–Crippen LogP) is 3.46. The van der Waals surface area contributed by atoms with Crippen molar-refractivity contribution in [3.63, 3.8) is 0 Å². The highest BCUT2D eigenvalue weighted by Crippen LogP contribution is 2.44. The molecule has 1 aromatic carbocycles. The van der Waals surface area contributed by atoms with Crippen LogP contribution in [-0.4, -0.2) is 13.6 Å². The number of hydrogen-bond donors (Lipinski definition) is 0. The second kappa shape index (κ2) is 4.99. The largest absolute Gasteiger partial charge is 0.227 e. The maximum atomic E-state index is 12.3. The van der Waals surface area contributed by atoms with E-state index < -0.39 is 14.6 Å². The molecule has 1 aliphatic rings. The van der Waals surface area contributed by atoms with Crippen LogP contribution in [0.25, 0.3) is 0 Å². The van der Waals surface area contributed by atoms with E-state index in [1.165, 1.54) is 0 Å². The Bertz CT molecular complexity index is 461. The van der Waals surface area contributed by atoms with E-state index in [2.05, 4.69) is 0 Å². The Morgan fingerprint density at radius 2 is 1.65 bits per heavy atom. The molecule has 94 valence electrons. The minimum atomic E-state index is -3.27. The van der Waals surface area contributed by atoms with Gasteiger partial charge in [-0.05, 0) is 18.4 Å². The fraction of sp³-hybridized carbons (Fsp3) is 0.538. The summed E-state index contributed by atoms with van der Waals surface area (Å²) in [5.41, 5.74) is 0.903. The molecule has 17 heavy (non-hydrogen) atoms. The minimum absolute atomic E-state index is 0.290. The van der Waals surface area contributed by atoms with E-state index in [0.717, 1.165) is 24.8 Å². The molecule has 1 aliphatic carbocycles. The van der Waals surface area contributed by atoms with Gasteiger partial charge in [-0.15, -0.1) is 11.6 Å². The average Bonchev–Trinajstić information content (AvgIpc) is 2.40. The van der Waals surface area contributed by atoms with Gasteiger partial charge in [0.25, 0.3) is 0 Å². The van der Waals surface area contributed by atoms with Gasteiger partial charge in [-0.3, -0.25) is 0 Å². The summed E-state index contributed by atoms with van der Waals surface area (Å²) in [6.07, 6.45) is 4.44. The van der Waals surface area contributed by atoms with Gasteiger partial charge < -0.3 is 0 Å². The first kappa shape index (κ1) is 12.9. The summed E-state index contributed by atoms with van der Waals surface area (Å²) < 4.78 is 23.9. The summed E-state index contributed by atoms with van der Waals surface area (Å²) in [5, 5.41) is -0.290. The monoisotopic (exact) mass is 272 g/mol. The zero-order valence-electron chi connectivity index (χ0n) is 9.73. The predicted molar refractivity (Wildman–Crippen MR) is 70.8 cm³/mol. The minimum Gasteiger partial charge on any atom is -0.227 e. The number of rotatable bonds is 3. The Labute approximate surface area is 108 Å². The fourth-order valence-electron chi connectivity index (χ4n) is 2.75. The van der Waals surface area contributed by atoms with Gasteiger partial charge in [0, 0.05) is 0 Å². The van der Waals surface area contributed by atoms with Crippen LogP contribution >= 0.6 is 11.6 Å². The van der Waals surface area contributed by atoms with E-state index >= 15 is 0 Å². The van der Waals surface area contributed by atoms with Crippen LogP contribution in [-0.2, 0) is 14.6 Å². The van der Waals surface area contributed by atoms with Crippen LogP contribution in [0.15, 0.2) is 30.3 Å². The van der Waals surface area contributed by atoms with E-state index in [4.69, 9.17) is 11.6 Å². The number of alkyl halides is 1. The second-order valence-electron chi connectivity index (χ2n) is 4.64. The fourth-order valence-corrected chi connectivity index (χ4v) is 4.99. The molecule has 1 fully saturated rings. The molecular weight excluding hydrogens is 256 g/mol. The van der Waals surface area contributed by atoms with Crippen molar-refractivity contribution in [3.8, 4) is 0 Å². The summed E-state index contributed by atoms with van der Waals surface area (Å²) in [4.78, 5) is 0. The van der Waals surface area contributed by atoms with Gasteiger partial charge in [0.1, 0.15) is 5.21 Å². The highest BCUT2D eigenvalue weighted by molar-refractivity contribution is 7.93. The summed E-state index contributed by atoms with van der Waals surface area (Å²) in [6, 6.07) is 9.53. The van der Waals surface area contributed by atoms with E-state index in [9.17, 15) is 8.42 Å². The molecule has 4 heteroatoms. The Balaban J connectivity index is 2.52. The average molecular weight is 273 g/mol. The Morgan fingerprint density at radius 1 is 1.06 bits per heavy atom. The van der Waals surface area contributed by atoms with E-state index in [-0.39, 0.29) is 5.21 Å². The summed E-state index contributed by atoms with van der Waals surface area (Å²) in [7, 11) is -3.27. The normalized spacial score (nSPS) is 20.1. The second-order valence-corrected chi connectivity index (χ2v) is 7.53. The van der Waals surface area contributed by atoms with Crippen molar-refractivity contribution in [2.24, 2.45) is 0 Å². The van der Waals surface area contributed by atoms with Crippen molar-refractivity contribution in [3.05, 3.63) is 35.9 Å². The lowest BCUT2D eigenvalue weighted by Crippen LogP contribution is -2.38. The van der Waals surface area contributed by atoms with Gasteiger partial charge >= 0.3 is 0 Å². The quantitative estimate of drug-likeness (QED) is 0.790. The van der Waals surface area contributed by atoms with Gasteiger partial charge in [0.15, 0.2) is 9.84 Å². The van der Waals surface area contributed by atoms with E-state index in [1.54, 1.807) is 0 Å². The third-order valence-corrected chi connectivity index (χ3v) is 6.68. The molecule has 2 rings (SSSR count). The highest BCUT2D eigenvalue weighted by Gasteiger charge is 2.45. The number of halogens is 1. The van der Waals surface area contributed by atoms with Crippen LogP contribution in [0.1, 0.15) is 37.7 Å². The van der Waals surface area contributed by atoms with Gasteiger partial charge in [-0.2, -0.15) is 0 Å². The van der Waals surface area contributed by atoms with E-state index in [0.29, 0.717) is 12.8 Å². The lowest BCUT2D eigenvalue weighted by atomic mass is 9.83. The van der Waals surface area contributed by atoms with Gasteiger partial charge in [-0.25, -0.2) is 8.42 Å². The number of benzene rings is 1. The Hall–Kier alpha value is -0.540. The molecule has 0 heterocycles. The summed E-state index contributed by atoms with van der Waals surface area (Å²) in [6.45, 7) is 0. The topological polar surface area (TPSA) is 34.1 Å². The third kappa shape index (κ3) is 2.23. The summed E-state index contributed by atoms with van der Waals surface area (Å²) in [5.74, 6) is 0. The molecule has 0 radical (unpaired) electrons. The van der Waals surface area contributed by atoms with Crippen LogP contribution < -0.4 is 0 Å². The van der Waals surface area contributed by atoms with Crippen molar-refractivity contribution >= 4 is 21.4 Å². The van der Waals surface area contributed by atoms with Crippen LogP contribution in [0.2, 0.25) is 0 Å². The third-order valence-electron chi connectivity index (χ3n) is 3.70. The standard InChI is InChI=1S/C13H17ClO2S/c14-11-17(15,16)13(9-5-2-6-10-13)12-7-3-1-4-8-12/h1,3-4,7-8H,2,5-6,9-11H2. The molecule has 0 N–H and O–H groups in total. The highest BCUT2D eigenvalue weighted by atomic mass is 35.5. The first-order valence-electron chi connectivity index (χ1n) is 5.96. The van der Waals surface area contributed by atoms with Crippen molar-refractivity contribution in [2.45, 2.75) is 36.9 Å². The maximum absolute atomic E-state index is 12.3. The van der Waals surface area contributed by atoms with Gasteiger partial charge in [-0.1, -0.05) is 49.6 Å². The van der Waals surface area contributed by atoms with Crippen molar-refractivity contribution in [1.82, 2.24) is 0 Å². The zero-order valence-corrected chi connectivity index (χ0v) is 11.3. The molecule has 0 atom stereocenters. The maximum Gasteiger partial charge on any atom is 0.174 e. The lowest BCUT2D eigenvalue weighted by molar-refractivity contribution is 0.381. The molecule has 0 saturated heterocycles. The molecule has 0 aliphatic heterocycles. The molecule has 2 nitrogen and oxygen atoms in total. The zero-order chi connectivity index (χ0) is 12.4.